The van der Waals surface area contributed by atoms with Crippen molar-refractivity contribution >= 4 is 28.4 Å². The number of hydrogen-bond acceptors (Lipinski definition) is 3. The lowest BCUT2D eigenvalue weighted by atomic mass is 10.1. The van der Waals surface area contributed by atoms with E-state index in [0.717, 1.165) is 23.1 Å². The number of rotatable bonds is 6. The first-order valence-electron chi connectivity index (χ1n) is 7.75. The van der Waals surface area contributed by atoms with Gasteiger partial charge in [-0.1, -0.05) is 29.8 Å². The van der Waals surface area contributed by atoms with Crippen LogP contribution in [0.3, 0.4) is 0 Å². The Hall–Kier alpha value is -2.59. The van der Waals surface area contributed by atoms with E-state index in [2.05, 4.69) is 10.3 Å². The number of carbonyl (C=O) groups excluding carboxylic acids is 1. The van der Waals surface area contributed by atoms with Gasteiger partial charge in [0.1, 0.15) is 10.9 Å². The van der Waals surface area contributed by atoms with Crippen LogP contribution in [0.25, 0.3) is 10.9 Å². The van der Waals surface area contributed by atoms with E-state index < -0.39 is 0 Å². The topological polar surface area (TPSA) is 51.2 Å². The fourth-order valence-electron chi connectivity index (χ4n) is 2.32. The average molecular weight is 341 g/mol. The molecule has 0 radical (unpaired) electrons. The highest BCUT2D eigenvalue weighted by Crippen LogP contribution is 2.17. The number of nitrogens with zero attached hydrogens (tertiary/aromatic N) is 1. The molecule has 2 aromatic carbocycles. The monoisotopic (exact) mass is 340 g/mol. The largest absolute Gasteiger partial charge is 0.494 e. The molecule has 1 heterocycles. The van der Waals surface area contributed by atoms with Crippen molar-refractivity contribution in [1.82, 2.24) is 10.3 Å². The summed E-state index contributed by atoms with van der Waals surface area (Å²) >= 11 is 5.86. The summed E-state index contributed by atoms with van der Waals surface area (Å²) in [7, 11) is 0. The predicted molar refractivity (Wildman–Crippen MR) is 95.6 cm³/mol. The van der Waals surface area contributed by atoms with Crippen LogP contribution in [0.4, 0.5) is 0 Å². The number of pyridine rings is 1. The van der Waals surface area contributed by atoms with Crippen molar-refractivity contribution in [3.63, 3.8) is 0 Å². The molecule has 1 amide bonds. The van der Waals surface area contributed by atoms with Crippen molar-refractivity contribution in [1.29, 1.82) is 0 Å². The minimum atomic E-state index is -0.105. The van der Waals surface area contributed by atoms with E-state index in [1.54, 1.807) is 18.2 Å². The third-order valence-electron chi connectivity index (χ3n) is 3.54. The Morgan fingerprint density at radius 2 is 1.92 bits per heavy atom. The molecule has 122 valence electrons. The summed E-state index contributed by atoms with van der Waals surface area (Å²) in [5, 5.41) is 4.23. The average Bonchev–Trinajstić information content (AvgIpc) is 2.61. The Labute approximate surface area is 145 Å². The van der Waals surface area contributed by atoms with Crippen LogP contribution >= 0.6 is 11.6 Å². The molecule has 1 aromatic heterocycles. The van der Waals surface area contributed by atoms with Crippen molar-refractivity contribution in [2.75, 3.05) is 13.2 Å². The number of para-hydroxylation sites is 1. The summed E-state index contributed by atoms with van der Waals surface area (Å²) in [5.41, 5.74) is 1.38. The maximum Gasteiger partial charge on any atom is 0.251 e. The number of halogens is 1. The molecule has 0 unspecified atom stereocenters. The van der Waals surface area contributed by atoms with Gasteiger partial charge in [-0.2, -0.15) is 0 Å². The van der Waals surface area contributed by atoms with Gasteiger partial charge in [0, 0.05) is 17.5 Å². The Balaban J connectivity index is 1.49. The Kier molecular flexibility index (Phi) is 5.29. The van der Waals surface area contributed by atoms with Gasteiger partial charge < -0.3 is 10.1 Å². The van der Waals surface area contributed by atoms with Crippen LogP contribution in [0.15, 0.2) is 60.7 Å². The number of benzene rings is 2. The minimum absolute atomic E-state index is 0.105. The zero-order valence-electron chi connectivity index (χ0n) is 13.0. The van der Waals surface area contributed by atoms with Crippen molar-refractivity contribution in [3.05, 3.63) is 71.4 Å². The summed E-state index contributed by atoms with van der Waals surface area (Å²) in [4.78, 5) is 16.4. The first-order chi connectivity index (χ1) is 11.7. The van der Waals surface area contributed by atoms with E-state index in [4.69, 9.17) is 16.3 Å². The molecule has 0 aliphatic heterocycles. The molecule has 5 heteroatoms. The molecule has 4 nitrogen and oxygen atoms in total. The second kappa shape index (κ2) is 7.79. The first-order valence-corrected chi connectivity index (χ1v) is 8.12. The quantitative estimate of drug-likeness (QED) is 0.543. The maximum atomic E-state index is 12.2. The molecule has 1 N–H and O–H groups in total. The minimum Gasteiger partial charge on any atom is -0.494 e. The lowest BCUT2D eigenvalue weighted by Crippen LogP contribution is -2.25. The van der Waals surface area contributed by atoms with E-state index in [-0.39, 0.29) is 5.91 Å². The van der Waals surface area contributed by atoms with Gasteiger partial charge in [-0.15, -0.1) is 0 Å². The zero-order chi connectivity index (χ0) is 16.8. The van der Waals surface area contributed by atoms with Crippen LogP contribution in [0.1, 0.15) is 16.8 Å². The lowest BCUT2D eigenvalue weighted by Gasteiger charge is -2.08. The summed E-state index contributed by atoms with van der Waals surface area (Å²) < 4.78 is 5.59. The number of amides is 1. The van der Waals surface area contributed by atoms with Crippen molar-refractivity contribution < 1.29 is 9.53 Å². The number of aromatic nitrogens is 1. The van der Waals surface area contributed by atoms with Crippen LogP contribution in [0.5, 0.6) is 5.75 Å². The number of fused-ring (bicyclic) bond motifs is 1. The van der Waals surface area contributed by atoms with Crippen LogP contribution < -0.4 is 10.1 Å². The SMILES string of the molecule is O=C(NCCCOc1ccccc1)c1ccc2nc(Cl)ccc2c1. The van der Waals surface area contributed by atoms with E-state index in [1.807, 2.05) is 42.5 Å². The highest BCUT2D eigenvalue weighted by Gasteiger charge is 2.06. The van der Waals surface area contributed by atoms with Crippen LogP contribution in [0.2, 0.25) is 5.15 Å². The molecule has 3 rings (SSSR count). The van der Waals surface area contributed by atoms with E-state index in [0.29, 0.717) is 23.9 Å². The second-order valence-corrected chi connectivity index (χ2v) is 5.70. The van der Waals surface area contributed by atoms with Crippen molar-refractivity contribution in [3.8, 4) is 5.75 Å². The number of ether oxygens (including phenoxy) is 1. The van der Waals surface area contributed by atoms with Gasteiger partial charge in [0.05, 0.1) is 12.1 Å². The number of hydrogen-bond donors (Lipinski definition) is 1. The molecule has 0 spiro atoms. The van der Waals surface area contributed by atoms with Gasteiger partial charge in [0.2, 0.25) is 0 Å². The Morgan fingerprint density at radius 3 is 2.75 bits per heavy atom. The van der Waals surface area contributed by atoms with E-state index in [1.165, 1.54) is 0 Å². The van der Waals surface area contributed by atoms with Gasteiger partial charge >= 0.3 is 0 Å². The van der Waals surface area contributed by atoms with E-state index in [9.17, 15) is 4.79 Å². The molecule has 0 aliphatic carbocycles. The summed E-state index contributed by atoms with van der Waals surface area (Å²) in [5.74, 6) is 0.732. The second-order valence-electron chi connectivity index (χ2n) is 5.31. The smallest absolute Gasteiger partial charge is 0.251 e. The predicted octanol–water partition coefficient (Wildman–Crippen LogP) is 4.09. The molecule has 0 bridgehead atoms. The highest BCUT2D eigenvalue weighted by atomic mass is 35.5. The van der Waals surface area contributed by atoms with Gasteiger partial charge in [0.25, 0.3) is 5.91 Å². The van der Waals surface area contributed by atoms with Gasteiger partial charge in [-0.3, -0.25) is 4.79 Å². The molecular weight excluding hydrogens is 324 g/mol. The lowest BCUT2D eigenvalue weighted by molar-refractivity contribution is 0.0951. The molecular formula is C19H17ClN2O2. The maximum absolute atomic E-state index is 12.2. The fourth-order valence-corrected chi connectivity index (χ4v) is 2.48. The molecule has 0 fully saturated rings. The van der Waals surface area contributed by atoms with Crippen molar-refractivity contribution in [2.45, 2.75) is 6.42 Å². The molecule has 0 atom stereocenters. The standard InChI is InChI=1S/C19H17ClN2O2/c20-18-10-8-14-13-15(7-9-17(14)22-18)19(23)21-11-4-12-24-16-5-2-1-3-6-16/h1-3,5-10,13H,4,11-12H2,(H,21,23). The molecule has 3 aromatic rings. The summed E-state index contributed by atoms with van der Waals surface area (Å²) in [6.45, 7) is 1.12. The summed E-state index contributed by atoms with van der Waals surface area (Å²) in [6.07, 6.45) is 0.741. The van der Waals surface area contributed by atoms with Crippen molar-refractivity contribution in [2.24, 2.45) is 0 Å². The Morgan fingerprint density at radius 1 is 1.08 bits per heavy atom. The van der Waals surface area contributed by atoms with Gasteiger partial charge in [-0.25, -0.2) is 4.98 Å². The molecule has 0 saturated heterocycles. The number of carbonyl (C=O) groups is 1. The van der Waals surface area contributed by atoms with Crippen LogP contribution in [-0.4, -0.2) is 24.0 Å². The highest BCUT2D eigenvalue weighted by molar-refractivity contribution is 6.29. The molecule has 0 aliphatic rings. The van der Waals surface area contributed by atoms with Crippen LogP contribution in [0, 0.1) is 0 Å². The summed E-state index contributed by atoms with van der Waals surface area (Å²) in [6, 6.07) is 18.6. The van der Waals surface area contributed by atoms with Gasteiger partial charge in [0.15, 0.2) is 0 Å². The van der Waals surface area contributed by atoms with E-state index >= 15 is 0 Å². The normalized spacial score (nSPS) is 10.5. The fraction of sp³-hybridized carbons (Fsp3) is 0.158. The zero-order valence-corrected chi connectivity index (χ0v) is 13.8. The third kappa shape index (κ3) is 4.24. The molecule has 0 saturated carbocycles. The number of nitrogens with one attached hydrogen (secondary N) is 1. The first kappa shape index (κ1) is 16.3. The van der Waals surface area contributed by atoms with Gasteiger partial charge in [-0.05, 0) is 48.9 Å². The third-order valence-corrected chi connectivity index (χ3v) is 3.75. The molecule has 24 heavy (non-hydrogen) atoms. The Bertz CT molecular complexity index is 837. The van der Waals surface area contributed by atoms with Crippen LogP contribution in [-0.2, 0) is 0 Å².